The first-order chi connectivity index (χ1) is 13.8. The minimum atomic E-state index is -1.13. The zero-order chi connectivity index (χ0) is 21.6. The van der Waals surface area contributed by atoms with Crippen LogP contribution < -0.4 is 5.32 Å². The Balaban J connectivity index is 2.09. The van der Waals surface area contributed by atoms with Gasteiger partial charge in [-0.05, 0) is 30.6 Å². The van der Waals surface area contributed by atoms with E-state index in [2.05, 4.69) is 5.32 Å². The number of carbonyl (C=O) groups is 5. The van der Waals surface area contributed by atoms with Crippen LogP contribution in [0.15, 0.2) is 24.3 Å². The Kier molecular flexibility index (Phi) is 7.77. The molecule has 2 rings (SSSR count). The lowest BCUT2D eigenvalue weighted by Crippen LogP contribution is -2.47. The molecule has 1 aromatic rings. The first-order valence-corrected chi connectivity index (χ1v) is 10.3. The third-order valence-corrected chi connectivity index (χ3v) is 5.07. The predicted octanol–water partition coefficient (Wildman–Crippen LogP) is 0.152. The molecular weight excluding hydrogens is 398 g/mol. The van der Waals surface area contributed by atoms with Crippen molar-refractivity contribution in [2.24, 2.45) is 0 Å². The Labute approximate surface area is 172 Å². The summed E-state index contributed by atoms with van der Waals surface area (Å²) in [6.45, 7) is -0.771. The van der Waals surface area contributed by atoms with Crippen LogP contribution in [-0.2, 0) is 19.1 Å². The van der Waals surface area contributed by atoms with Gasteiger partial charge in [0.05, 0.1) is 17.7 Å². The fourth-order valence-electron chi connectivity index (χ4n) is 2.79. The zero-order valence-corrected chi connectivity index (χ0v) is 17.3. The van der Waals surface area contributed by atoms with Gasteiger partial charge in [0, 0.05) is 14.1 Å². The molecule has 10 heteroatoms. The van der Waals surface area contributed by atoms with Crippen molar-refractivity contribution in [2.45, 2.75) is 12.5 Å². The molecule has 0 saturated heterocycles. The van der Waals surface area contributed by atoms with E-state index in [-0.39, 0.29) is 30.0 Å². The van der Waals surface area contributed by atoms with Gasteiger partial charge in [-0.3, -0.25) is 24.1 Å². The summed E-state index contributed by atoms with van der Waals surface area (Å²) in [7, 11) is 2.85. The number of hydrogen-bond donors (Lipinski definition) is 1. The lowest BCUT2D eigenvalue weighted by molar-refractivity contribution is -0.155. The number of fused-ring (bicyclic) bond motifs is 1. The van der Waals surface area contributed by atoms with Gasteiger partial charge in [0.15, 0.2) is 6.61 Å². The molecule has 1 aliphatic heterocycles. The Hall–Kier alpha value is -2.88. The molecule has 1 heterocycles. The van der Waals surface area contributed by atoms with Gasteiger partial charge in [0.1, 0.15) is 6.04 Å². The van der Waals surface area contributed by atoms with Crippen molar-refractivity contribution < 1.29 is 28.7 Å². The second kappa shape index (κ2) is 10.1. The van der Waals surface area contributed by atoms with E-state index in [1.54, 1.807) is 12.1 Å². The predicted molar refractivity (Wildman–Crippen MR) is 106 cm³/mol. The molecule has 0 radical (unpaired) electrons. The normalized spacial score (nSPS) is 13.7. The van der Waals surface area contributed by atoms with Crippen molar-refractivity contribution in [1.29, 1.82) is 0 Å². The molecule has 156 valence electrons. The molecule has 9 nitrogen and oxygen atoms in total. The van der Waals surface area contributed by atoms with Crippen LogP contribution in [-0.4, -0.2) is 84.7 Å². The summed E-state index contributed by atoms with van der Waals surface area (Å²) in [6.07, 6.45) is 2.04. The fourth-order valence-corrected chi connectivity index (χ4v) is 3.25. The summed E-state index contributed by atoms with van der Waals surface area (Å²) in [5.74, 6) is -2.38. The topological polar surface area (TPSA) is 113 Å². The molecule has 1 aliphatic rings. The van der Waals surface area contributed by atoms with E-state index in [1.807, 2.05) is 6.26 Å². The van der Waals surface area contributed by atoms with Crippen molar-refractivity contribution in [3.63, 3.8) is 0 Å². The molecule has 0 fully saturated rings. The van der Waals surface area contributed by atoms with Gasteiger partial charge in [-0.1, -0.05) is 12.1 Å². The van der Waals surface area contributed by atoms with Crippen molar-refractivity contribution in [3.05, 3.63) is 35.4 Å². The molecule has 29 heavy (non-hydrogen) atoms. The molecule has 0 saturated carbocycles. The van der Waals surface area contributed by atoms with Gasteiger partial charge >= 0.3 is 5.97 Å². The van der Waals surface area contributed by atoms with Crippen molar-refractivity contribution >= 4 is 41.4 Å². The van der Waals surface area contributed by atoms with E-state index in [4.69, 9.17) is 4.74 Å². The van der Waals surface area contributed by atoms with E-state index in [9.17, 15) is 24.0 Å². The fraction of sp³-hybridized carbons (Fsp3) is 0.421. The summed E-state index contributed by atoms with van der Waals surface area (Å²) in [5, 5.41) is 2.39. The summed E-state index contributed by atoms with van der Waals surface area (Å²) >= 11 is 1.45. The molecule has 0 aromatic heterocycles. The van der Waals surface area contributed by atoms with Gasteiger partial charge < -0.3 is 15.0 Å². The number of benzene rings is 1. The SMILES string of the molecule is CNC(=O)CN(C)C(=O)COC(=O)[C@@H](CCSC)N1C(=O)c2ccccc2C1=O. The molecular formula is C19H23N3O6S. The summed E-state index contributed by atoms with van der Waals surface area (Å²) in [4.78, 5) is 63.5. The third kappa shape index (κ3) is 5.14. The molecule has 1 atom stereocenters. The summed E-state index contributed by atoms with van der Waals surface area (Å²) in [6, 6.07) is 5.22. The van der Waals surface area contributed by atoms with Crippen LogP contribution >= 0.6 is 11.8 Å². The van der Waals surface area contributed by atoms with Crippen LogP contribution in [0, 0.1) is 0 Å². The van der Waals surface area contributed by atoms with Gasteiger partial charge in [0.25, 0.3) is 17.7 Å². The standard InChI is InChI=1S/C19H23N3O6S/c1-20-15(23)10-21(2)16(24)11-28-19(27)14(8-9-29-3)22-17(25)12-6-4-5-7-13(12)18(22)26/h4-7,14H,8-11H2,1-3H3,(H,20,23)/t14-/m1/s1. The number of ether oxygens (including phenoxy) is 1. The van der Waals surface area contributed by atoms with E-state index in [0.717, 1.165) is 9.80 Å². The van der Waals surface area contributed by atoms with Crippen LogP contribution in [0.25, 0.3) is 0 Å². The van der Waals surface area contributed by atoms with Crippen LogP contribution in [0.4, 0.5) is 0 Å². The number of carbonyl (C=O) groups excluding carboxylic acids is 5. The molecule has 1 aromatic carbocycles. The number of imide groups is 1. The second-order valence-electron chi connectivity index (χ2n) is 6.35. The highest BCUT2D eigenvalue weighted by atomic mass is 32.2. The number of nitrogens with zero attached hydrogens (tertiary/aromatic N) is 2. The maximum Gasteiger partial charge on any atom is 0.329 e. The first-order valence-electron chi connectivity index (χ1n) is 8.88. The maximum atomic E-state index is 12.7. The monoisotopic (exact) mass is 421 g/mol. The van der Waals surface area contributed by atoms with Gasteiger partial charge in [-0.25, -0.2) is 4.79 Å². The number of thioether (sulfide) groups is 1. The highest BCUT2D eigenvalue weighted by Gasteiger charge is 2.43. The van der Waals surface area contributed by atoms with Crippen molar-refractivity contribution in [1.82, 2.24) is 15.1 Å². The zero-order valence-electron chi connectivity index (χ0n) is 16.5. The first kappa shape index (κ1) is 22.4. The number of esters is 1. The highest BCUT2D eigenvalue weighted by molar-refractivity contribution is 7.98. The Bertz CT molecular complexity index is 793. The van der Waals surface area contributed by atoms with E-state index in [0.29, 0.717) is 5.75 Å². The van der Waals surface area contributed by atoms with E-state index in [1.165, 1.54) is 38.0 Å². The van der Waals surface area contributed by atoms with Crippen LogP contribution in [0.5, 0.6) is 0 Å². The van der Waals surface area contributed by atoms with Crippen LogP contribution in [0.3, 0.4) is 0 Å². The second-order valence-corrected chi connectivity index (χ2v) is 7.34. The summed E-state index contributed by atoms with van der Waals surface area (Å²) < 4.78 is 5.09. The van der Waals surface area contributed by atoms with Gasteiger partial charge in [-0.15, -0.1) is 0 Å². The number of nitrogens with one attached hydrogen (secondary N) is 1. The number of hydrogen-bond acceptors (Lipinski definition) is 7. The largest absolute Gasteiger partial charge is 0.454 e. The summed E-state index contributed by atoms with van der Waals surface area (Å²) in [5.41, 5.74) is 0.474. The Morgan fingerprint density at radius 1 is 1.17 bits per heavy atom. The van der Waals surface area contributed by atoms with Gasteiger partial charge in [-0.2, -0.15) is 11.8 Å². The molecule has 4 amide bonds. The number of rotatable bonds is 9. The molecule has 1 N–H and O–H groups in total. The smallest absolute Gasteiger partial charge is 0.329 e. The van der Waals surface area contributed by atoms with Gasteiger partial charge in [0.2, 0.25) is 5.91 Å². The molecule has 0 unspecified atom stereocenters. The molecule has 0 bridgehead atoms. The van der Waals surface area contributed by atoms with Crippen LogP contribution in [0.2, 0.25) is 0 Å². The Morgan fingerprint density at radius 3 is 2.28 bits per heavy atom. The van der Waals surface area contributed by atoms with Crippen LogP contribution in [0.1, 0.15) is 27.1 Å². The third-order valence-electron chi connectivity index (χ3n) is 4.43. The Morgan fingerprint density at radius 2 is 1.76 bits per heavy atom. The lowest BCUT2D eigenvalue weighted by atomic mass is 10.1. The molecule has 0 spiro atoms. The number of likely N-dealkylation sites (N-methyl/N-ethyl adjacent to an activating group) is 2. The average Bonchev–Trinajstić information content (AvgIpc) is 2.97. The van der Waals surface area contributed by atoms with Crippen molar-refractivity contribution in [2.75, 3.05) is 39.3 Å². The van der Waals surface area contributed by atoms with Crippen molar-refractivity contribution in [3.8, 4) is 0 Å². The lowest BCUT2D eigenvalue weighted by Gasteiger charge is -2.24. The maximum absolute atomic E-state index is 12.7. The quantitative estimate of drug-likeness (QED) is 0.446. The van der Waals surface area contributed by atoms with E-state index >= 15 is 0 Å². The average molecular weight is 421 g/mol. The van der Waals surface area contributed by atoms with E-state index < -0.39 is 36.3 Å². The minimum absolute atomic E-state index is 0.179. The molecule has 0 aliphatic carbocycles. The number of amides is 4. The minimum Gasteiger partial charge on any atom is -0.454 e. The highest BCUT2D eigenvalue weighted by Crippen LogP contribution is 2.26.